The predicted molar refractivity (Wildman–Crippen MR) is 56.4 cm³/mol. The molecule has 78 valence electrons. The van der Waals surface area contributed by atoms with Crippen molar-refractivity contribution in [3.63, 3.8) is 0 Å². The number of rotatable bonds is 3. The van der Waals surface area contributed by atoms with Crippen molar-refractivity contribution in [1.82, 2.24) is 4.98 Å². The highest BCUT2D eigenvalue weighted by atomic mass is 16.5. The second kappa shape index (κ2) is 3.65. The van der Waals surface area contributed by atoms with Crippen LogP contribution >= 0.6 is 0 Å². The van der Waals surface area contributed by atoms with E-state index in [-0.39, 0.29) is 5.69 Å². The molecule has 15 heavy (non-hydrogen) atoms. The van der Waals surface area contributed by atoms with Crippen LogP contribution in [0.4, 0.5) is 0 Å². The zero-order valence-corrected chi connectivity index (χ0v) is 8.28. The van der Waals surface area contributed by atoms with Crippen LogP contribution in [0.1, 0.15) is 17.4 Å². The van der Waals surface area contributed by atoms with Crippen molar-refractivity contribution in [3.8, 4) is 5.75 Å². The SMILES string of the molecule is CCOc1ccc2[nH]c(C(=O)O)cc2c1. The quantitative estimate of drug-likeness (QED) is 0.807. The molecule has 0 saturated carbocycles. The van der Waals surface area contributed by atoms with Crippen molar-refractivity contribution in [3.05, 3.63) is 30.0 Å². The highest BCUT2D eigenvalue weighted by Gasteiger charge is 2.07. The molecular formula is C11H11NO3. The van der Waals surface area contributed by atoms with Gasteiger partial charge in [0.1, 0.15) is 11.4 Å². The van der Waals surface area contributed by atoms with Crippen LogP contribution in [0.3, 0.4) is 0 Å². The Balaban J connectivity index is 2.47. The van der Waals surface area contributed by atoms with Gasteiger partial charge in [0.15, 0.2) is 0 Å². The number of hydrogen-bond donors (Lipinski definition) is 2. The van der Waals surface area contributed by atoms with E-state index in [1.165, 1.54) is 0 Å². The third kappa shape index (κ3) is 1.79. The summed E-state index contributed by atoms with van der Waals surface area (Å²) in [6, 6.07) is 7.04. The molecular weight excluding hydrogens is 194 g/mol. The van der Waals surface area contributed by atoms with Crippen molar-refractivity contribution in [1.29, 1.82) is 0 Å². The van der Waals surface area contributed by atoms with Gasteiger partial charge in [0, 0.05) is 10.9 Å². The second-order valence-electron chi connectivity index (χ2n) is 3.17. The largest absolute Gasteiger partial charge is 0.494 e. The lowest BCUT2D eigenvalue weighted by molar-refractivity contribution is 0.0691. The van der Waals surface area contributed by atoms with Crippen LogP contribution in [-0.2, 0) is 0 Å². The number of H-pyrrole nitrogens is 1. The first-order valence-electron chi connectivity index (χ1n) is 4.69. The van der Waals surface area contributed by atoms with Gasteiger partial charge in [-0.3, -0.25) is 0 Å². The van der Waals surface area contributed by atoms with Gasteiger partial charge < -0.3 is 14.8 Å². The van der Waals surface area contributed by atoms with Crippen molar-refractivity contribution in [2.24, 2.45) is 0 Å². The van der Waals surface area contributed by atoms with E-state index in [2.05, 4.69) is 4.98 Å². The molecule has 0 atom stereocenters. The molecule has 0 bridgehead atoms. The van der Waals surface area contributed by atoms with Gasteiger partial charge in [-0.25, -0.2) is 4.79 Å². The van der Waals surface area contributed by atoms with Gasteiger partial charge in [0.25, 0.3) is 0 Å². The summed E-state index contributed by atoms with van der Waals surface area (Å²) in [5, 5.41) is 9.64. The number of aromatic carboxylic acids is 1. The van der Waals surface area contributed by atoms with Crippen molar-refractivity contribution in [2.75, 3.05) is 6.61 Å². The van der Waals surface area contributed by atoms with Gasteiger partial charge in [-0.2, -0.15) is 0 Å². The number of carboxylic acid groups (broad SMARTS) is 1. The van der Waals surface area contributed by atoms with Crippen LogP contribution in [0.15, 0.2) is 24.3 Å². The molecule has 0 aliphatic rings. The number of benzene rings is 1. The average Bonchev–Trinajstić information content (AvgIpc) is 2.61. The van der Waals surface area contributed by atoms with Crippen LogP contribution in [0, 0.1) is 0 Å². The summed E-state index contributed by atoms with van der Waals surface area (Å²) in [6.07, 6.45) is 0. The molecule has 4 heteroatoms. The number of carboxylic acids is 1. The van der Waals surface area contributed by atoms with E-state index in [1.54, 1.807) is 6.07 Å². The molecule has 2 rings (SSSR count). The number of carbonyl (C=O) groups is 1. The van der Waals surface area contributed by atoms with Crippen molar-refractivity contribution in [2.45, 2.75) is 6.92 Å². The van der Waals surface area contributed by atoms with Gasteiger partial charge in [0.2, 0.25) is 0 Å². The van der Waals surface area contributed by atoms with Gasteiger partial charge >= 0.3 is 5.97 Å². The Kier molecular flexibility index (Phi) is 2.33. The van der Waals surface area contributed by atoms with Crippen LogP contribution in [0.25, 0.3) is 10.9 Å². The van der Waals surface area contributed by atoms with Gasteiger partial charge in [-0.05, 0) is 31.2 Å². The van der Waals surface area contributed by atoms with Crippen LogP contribution in [0.2, 0.25) is 0 Å². The molecule has 0 radical (unpaired) electrons. The van der Waals surface area contributed by atoms with Crippen LogP contribution in [0.5, 0.6) is 5.75 Å². The lowest BCUT2D eigenvalue weighted by Crippen LogP contribution is -1.94. The maximum Gasteiger partial charge on any atom is 0.352 e. The summed E-state index contributed by atoms with van der Waals surface area (Å²) in [7, 11) is 0. The van der Waals surface area contributed by atoms with Crippen molar-refractivity contribution >= 4 is 16.9 Å². The van der Waals surface area contributed by atoms with E-state index >= 15 is 0 Å². The fourth-order valence-corrected chi connectivity index (χ4v) is 1.48. The Morgan fingerprint density at radius 3 is 2.93 bits per heavy atom. The Bertz CT molecular complexity index is 502. The molecule has 1 heterocycles. The van der Waals surface area contributed by atoms with Gasteiger partial charge in [-0.15, -0.1) is 0 Å². The minimum atomic E-state index is -0.954. The van der Waals surface area contributed by atoms with Gasteiger partial charge in [0.05, 0.1) is 6.61 Å². The van der Waals surface area contributed by atoms with E-state index < -0.39 is 5.97 Å². The predicted octanol–water partition coefficient (Wildman–Crippen LogP) is 2.26. The number of nitrogens with one attached hydrogen (secondary N) is 1. The molecule has 1 aromatic carbocycles. The number of fused-ring (bicyclic) bond motifs is 1. The number of ether oxygens (including phenoxy) is 1. The molecule has 2 aromatic rings. The highest BCUT2D eigenvalue weighted by molar-refractivity contribution is 5.94. The summed E-state index contributed by atoms with van der Waals surface area (Å²) in [5.41, 5.74) is 0.995. The van der Waals surface area contributed by atoms with Gasteiger partial charge in [-0.1, -0.05) is 0 Å². The lowest BCUT2D eigenvalue weighted by atomic mass is 10.2. The number of aromatic nitrogens is 1. The third-order valence-corrected chi connectivity index (χ3v) is 2.13. The molecule has 0 unspecified atom stereocenters. The Labute approximate surface area is 86.5 Å². The van der Waals surface area contributed by atoms with E-state index in [0.29, 0.717) is 6.61 Å². The number of hydrogen-bond acceptors (Lipinski definition) is 2. The van der Waals surface area contributed by atoms with E-state index in [1.807, 2.05) is 25.1 Å². The zero-order valence-electron chi connectivity index (χ0n) is 8.28. The summed E-state index contributed by atoms with van der Waals surface area (Å²) >= 11 is 0. The molecule has 0 aliphatic heterocycles. The molecule has 0 spiro atoms. The van der Waals surface area contributed by atoms with Crippen LogP contribution < -0.4 is 4.74 Å². The maximum absolute atomic E-state index is 10.7. The highest BCUT2D eigenvalue weighted by Crippen LogP contribution is 2.21. The standard InChI is InChI=1S/C11H11NO3/c1-2-15-8-3-4-9-7(5-8)6-10(12-9)11(13)14/h3-6,12H,2H2,1H3,(H,13,14). The Hall–Kier alpha value is -1.97. The normalized spacial score (nSPS) is 10.5. The average molecular weight is 205 g/mol. The lowest BCUT2D eigenvalue weighted by Gasteiger charge is -2.01. The molecule has 4 nitrogen and oxygen atoms in total. The fraction of sp³-hybridized carbons (Fsp3) is 0.182. The molecule has 0 fully saturated rings. The maximum atomic E-state index is 10.7. The Morgan fingerprint density at radius 1 is 1.47 bits per heavy atom. The monoisotopic (exact) mass is 205 g/mol. The Morgan fingerprint density at radius 2 is 2.27 bits per heavy atom. The molecule has 0 aliphatic carbocycles. The number of aromatic amines is 1. The first kappa shape index (κ1) is 9.58. The molecule has 0 saturated heterocycles. The molecule has 0 amide bonds. The molecule has 2 N–H and O–H groups in total. The first-order chi connectivity index (χ1) is 7.20. The van der Waals surface area contributed by atoms with E-state index in [9.17, 15) is 4.79 Å². The summed E-state index contributed by atoms with van der Waals surface area (Å²) in [6.45, 7) is 2.51. The van der Waals surface area contributed by atoms with E-state index in [0.717, 1.165) is 16.7 Å². The molecule has 1 aromatic heterocycles. The fourth-order valence-electron chi connectivity index (χ4n) is 1.48. The summed E-state index contributed by atoms with van der Waals surface area (Å²) < 4.78 is 5.32. The second-order valence-corrected chi connectivity index (χ2v) is 3.17. The van der Waals surface area contributed by atoms with Crippen LogP contribution in [-0.4, -0.2) is 22.7 Å². The minimum Gasteiger partial charge on any atom is -0.494 e. The van der Waals surface area contributed by atoms with E-state index in [4.69, 9.17) is 9.84 Å². The zero-order chi connectivity index (χ0) is 10.8. The topological polar surface area (TPSA) is 62.3 Å². The summed E-state index contributed by atoms with van der Waals surface area (Å²) in [4.78, 5) is 13.5. The smallest absolute Gasteiger partial charge is 0.352 e. The summed E-state index contributed by atoms with van der Waals surface area (Å²) in [5.74, 6) is -0.204. The first-order valence-corrected chi connectivity index (χ1v) is 4.69. The minimum absolute atomic E-state index is 0.193. The van der Waals surface area contributed by atoms with Crippen molar-refractivity contribution < 1.29 is 14.6 Å². The third-order valence-electron chi connectivity index (χ3n) is 2.13.